The van der Waals surface area contributed by atoms with Crippen LogP contribution < -0.4 is 0 Å². The lowest BCUT2D eigenvalue weighted by Gasteiger charge is -2.19. The molecule has 1 saturated heterocycles. The van der Waals surface area contributed by atoms with Gasteiger partial charge in [0, 0.05) is 0 Å². The van der Waals surface area contributed by atoms with E-state index < -0.39 is 6.16 Å². The molecule has 1 heterocycles. The van der Waals surface area contributed by atoms with Crippen molar-refractivity contribution in [1.82, 2.24) is 0 Å². The summed E-state index contributed by atoms with van der Waals surface area (Å²) < 4.78 is 20.1. The fourth-order valence-electron chi connectivity index (χ4n) is 1.07. The number of carbonyl (C=O) groups is 1. The summed E-state index contributed by atoms with van der Waals surface area (Å²) in [5.74, 6) is 0. The topological polar surface area (TPSA) is 54.0 Å². The van der Waals surface area contributed by atoms with Crippen molar-refractivity contribution in [3.63, 3.8) is 0 Å². The van der Waals surface area contributed by atoms with Gasteiger partial charge in [-0.25, -0.2) is 4.79 Å². The highest BCUT2D eigenvalue weighted by Crippen LogP contribution is 2.07. The molecule has 1 unspecified atom stereocenters. The molecule has 1 fully saturated rings. The van der Waals surface area contributed by atoms with Crippen molar-refractivity contribution >= 4 is 6.16 Å². The van der Waals surface area contributed by atoms with Gasteiger partial charge in [0.05, 0.1) is 25.4 Å². The van der Waals surface area contributed by atoms with Crippen LogP contribution in [0.25, 0.3) is 0 Å². The molecule has 0 aromatic carbocycles. The fraction of sp³-hybridized carbons (Fsp3) is 0.900. The van der Waals surface area contributed by atoms with E-state index in [1.54, 1.807) is 0 Å². The Morgan fingerprint density at radius 1 is 1.40 bits per heavy atom. The summed E-state index contributed by atoms with van der Waals surface area (Å²) in [6.07, 6.45) is -0.887. The first-order valence-corrected chi connectivity index (χ1v) is 5.02. The summed E-state index contributed by atoms with van der Waals surface area (Å²) in [7, 11) is 0. The first-order chi connectivity index (χ1) is 6.97. The van der Waals surface area contributed by atoms with E-state index in [-0.39, 0.29) is 18.3 Å². The van der Waals surface area contributed by atoms with Gasteiger partial charge in [0.1, 0.15) is 6.61 Å². The predicted octanol–water partition coefficient (Wildman–Crippen LogP) is 1.35. The van der Waals surface area contributed by atoms with Gasteiger partial charge in [-0.05, 0) is 20.8 Å². The minimum atomic E-state index is -0.616. The Labute approximate surface area is 89.6 Å². The third-order valence-electron chi connectivity index (χ3n) is 1.72. The standard InChI is InChI=1S/C10H18O5/c1-10(2,3)14-5-4-12-6-8-7-13-9(11)15-8/h8H,4-7H2,1-3H3. The van der Waals surface area contributed by atoms with Gasteiger partial charge in [-0.3, -0.25) is 0 Å². The van der Waals surface area contributed by atoms with Crippen molar-refractivity contribution in [2.75, 3.05) is 26.4 Å². The van der Waals surface area contributed by atoms with E-state index in [9.17, 15) is 4.79 Å². The van der Waals surface area contributed by atoms with E-state index in [4.69, 9.17) is 14.2 Å². The highest BCUT2D eigenvalue weighted by molar-refractivity contribution is 5.61. The van der Waals surface area contributed by atoms with Gasteiger partial charge >= 0.3 is 6.16 Å². The number of rotatable bonds is 5. The first kappa shape index (κ1) is 12.3. The lowest BCUT2D eigenvalue weighted by Crippen LogP contribution is -2.24. The van der Waals surface area contributed by atoms with Crippen molar-refractivity contribution in [3.05, 3.63) is 0 Å². The second-order valence-corrected chi connectivity index (χ2v) is 4.34. The highest BCUT2D eigenvalue weighted by Gasteiger charge is 2.24. The maximum Gasteiger partial charge on any atom is 0.508 e. The molecule has 0 radical (unpaired) electrons. The molecule has 1 aliphatic heterocycles. The molecule has 5 heteroatoms. The van der Waals surface area contributed by atoms with Crippen molar-refractivity contribution < 1.29 is 23.7 Å². The van der Waals surface area contributed by atoms with Crippen molar-refractivity contribution in [1.29, 1.82) is 0 Å². The molecule has 0 spiro atoms. The van der Waals surface area contributed by atoms with Crippen LogP contribution in [0.5, 0.6) is 0 Å². The van der Waals surface area contributed by atoms with Gasteiger partial charge in [0.15, 0.2) is 6.10 Å². The Kier molecular flexibility index (Phi) is 4.35. The minimum Gasteiger partial charge on any atom is -0.430 e. The largest absolute Gasteiger partial charge is 0.508 e. The Balaban J connectivity index is 1.95. The molecule has 0 aliphatic carbocycles. The van der Waals surface area contributed by atoms with E-state index in [1.165, 1.54) is 0 Å². The second kappa shape index (κ2) is 5.32. The first-order valence-electron chi connectivity index (χ1n) is 5.02. The molecule has 1 atom stereocenters. The van der Waals surface area contributed by atoms with Gasteiger partial charge in [0.2, 0.25) is 0 Å². The molecule has 0 saturated carbocycles. The third-order valence-corrected chi connectivity index (χ3v) is 1.72. The number of hydrogen-bond donors (Lipinski definition) is 0. The quantitative estimate of drug-likeness (QED) is 0.515. The molecule has 0 amide bonds. The molecular weight excluding hydrogens is 200 g/mol. The van der Waals surface area contributed by atoms with Crippen LogP contribution in [-0.4, -0.2) is 44.3 Å². The van der Waals surface area contributed by atoms with Gasteiger partial charge in [-0.1, -0.05) is 0 Å². The highest BCUT2D eigenvalue weighted by atomic mass is 16.8. The molecule has 0 aromatic heterocycles. The zero-order chi connectivity index (χ0) is 11.3. The normalized spacial score (nSPS) is 21.3. The zero-order valence-electron chi connectivity index (χ0n) is 9.45. The smallest absolute Gasteiger partial charge is 0.430 e. The number of carbonyl (C=O) groups excluding carboxylic acids is 1. The number of hydrogen-bond acceptors (Lipinski definition) is 5. The molecule has 0 N–H and O–H groups in total. The molecule has 1 aliphatic rings. The fourth-order valence-corrected chi connectivity index (χ4v) is 1.07. The van der Waals surface area contributed by atoms with Gasteiger partial charge in [0.25, 0.3) is 0 Å². The van der Waals surface area contributed by atoms with Crippen LogP contribution in [-0.2, 0) is 18.9 Å². The Morgan fingerprint density at radius 3 is 2.67 bits per heavy atom. The average Bonchev–Trinajstić information content (AvgIpc) is 2.49. The summed E-state index contributed by atoms with van der Waals surface area (Å²) in [4.78, 5) is 10.5. The maximum atomic E-state index is 10.5. The molecule has 15 heavy (non-hydrogen) atoms. The van der Waals surface area contributed by atoms with Crippen molar-refractivity contribution in [2.24, 2.45) is 0 Å². The summed E-state index contributed by atoms with van der Waals surface area (Å²) in [5, 5.41) is 0. The van der Waals surface area contributed by atoms with Crippen LogP contribution in [0.1, 0.15) is 20.8 Å². The van der Waals surface area contributed by atoms with E-state index in [2.05, 4.69) is 4.74 Å². The Hall–Kier alpha value is -0.810. The molecule has 1 rings (SSSR count). The van der Waals surface area contributed by atoms with E-state index >= 15 is 0 Å². The Morgan fingerprint density at radius 2 is 2.13 bits per heavy atom. The van der Waals surface area contributed by atoms with Crippen LogP contribution in [0.3, 0.4) is 0 Å². The summed E-state index contributed by atoms with van der Waals surface area (Å²) >= 11 is 0. The van der Waals surface area contributed by atoms with Gasteiger partial charge < -0.3 is 18.9 Å². The lowest BCUT2D eigenvalue weighted by atomic mass is 10.2. The van der Waals surface area contributed by atoms with Crippen molar-refractivity contribution in [3.8, 4) is 0 Å². The molecule has 88 valence electrons. The maximum absolute atomic E-state index is 10.5. The van der Waals surface area contributed by atoms with Crippen LogP contribution in [0.2, 0.25) is 0 Å². The second-order valence-electron chi connectivity index (χ2n) is 4.34. The minimum absolute atomic E-state index is 0.147. The summed E-state index contributed by atoms with van der Waals surface area (Å²) in [6.45, 7) is 7.62. The molecule has 0 aromatic rings. The van der Waals surface area contributed by atoms with Gasteiger partial charge in [-0.2, -0.15) is 0 Å². The number of cyclic esters (lactones) is 2. The third kappa shape index (κ3) is 5.59. The van der Waals surface area contributed by atoms with Crippen molar-refractivity contribution in [2.45, 2.75) is 32.5 Å². The van der Waals surface area contributed by atoms with Crippen LogP contribution in [0.4, 0.5) is 4.79 Å². The zero-order valence-corrected chi connectivity index (χ0v) is 9.45. The van der Waals surface area contributed by atoms with E-state index in [1.807, 2.05) is 20.8 Å². The predicted molar refractivity (Wildman–Crippen MR) is 52.7 cm³/mol. The Bertz CT molecular complexity index is 208. The molecule has 0 bridgehead atoms. The lowest BCUT2D eigenvalue weighted by molar-refractivity contribution is -0.0446. The monoisotopic (exact) mass is 218 g/mol. The van der Waals surface area contributed by atoms with Crippen LogP contribution >= 0.6 is 0 Å². The molecule has 5 nitrogen and oxygen atoms in total. The summed E-state index contributed by atoms with van der Waals surface area (Å²) in [5.41, 5.74) is -0.147. The van der Waals surface area contributed by atoms with E-state index in [0.717, 1.165) is 0 Å². The van der Waals surface area contributed by atoms with Crippen LogP contribution in [0.15, 0.2) is 0 Å². The molecular formula is C10H18O5. The summed E-state index contributed by atoms with van der Waals surface area (Å²) in [6, 6.07) is 0. The van der Waals surface area contributed by atoms with E-state index in [0.29, 0.717) is 19.8 Å². The van der Waals surface area contributed by atoms with Gasteiger partial charge in [-0.15, -0.1) is 0 Å². The van der Waals surface area contributed by atoms with Crippen LogP contribution in [0, 0.1) is 0 Å². The average molecular weight is 218 g/mol. The number of ether oxygens (including phenoxy) is 4. The SMILES string of the molecule is CC(C)(C)OCCOCC1COC(=O)O1.